The number of benzene rings is 1. The van der Waals surface area contributed by atoms with Crippen LogP contribution in [0.4, 0.5) is 5.69 Å². The fraction of sp³-hybridized carbons (Fsp3) is 0.611. The molecule has 0 spiro atoms. The molecule has 0 aromatic heterocycles. The maximum Gasteiger partial charge on any atom is 0.253 e. The van der Waals surface area contributed by atoms with Gasteiger partial charge in [0.2, 0.25) is 0 Å². The predicted molar refractivity (Wildman–Crippen MR) is 89.6 cm³/mol. The summed E-state index contributed by atoms with van der Waals surface area (Å²) in [7, 11) is 0. The number of aliphatic hydroxyl groups excluding tert-OH is 1. The lowest BCUT2D eigenvalue weighted by atomic mass is 9.97. The van der Waals surface area contributed by atoms with Crippen molar-refractivity contribution in [2.75, 3.05) is 38.2 Å². The number of likely N-dealkylation sites (tertiary alicyclic amines) is 1. The summed E-state index contributed by atoms with van der Waals surface area (Å²) in [6.07, 6.45) is 3.80. The van der Waals surface area contributed by atoms with Crippen molar-refractivity contribution in [3.8, 4) is 0 Å². The molecule has 2 N–H and O–H groups in total. The number of aliphatic hydroxyl groups is 1. The molecule has 0 radical (unpaired) electrons. The highest BCUT2D eigenvalue weighted by Crippen LogP contribution is 2.21. The number of piperidine rings is 1. The zero-order chi connectivity index (χ0) is 16.1. The fourth-order valence-electron chi connectivity index (χ4n) is 3.32. The zero-order valence-electron chi connectivity index (χ0n) is 13.5. The molecule has 0 bridgehead atoms. The molecule has 0 saturated carbocycles. The number of ether oxygens (including phenoxy) is 1. The second-order valence-electron chi connectivity index (χ2n) is 6.53. The molecule has 0 atom stereocenters. The number of rotatable bonds is 4. The summed E-state index contributed by atoms with van der Waals surface area (Å²) in [5.41, 5.74) is 1.75. The minimum atomic E-state index is 0.0945. The van der Waals surface area contributed by atoms with Crippen molar-refractivity contribution in [3.05, 3.63) is 29.8 Å². The molecule has 23 heavy (non-hydrogen) atoms. The molecule has 1 aromatic rings. The van der Waals surface area contributed by atoms with Gasteiger partial charge < -0.3 is 20.1 Å². The molecular weight excluding hydrogens is 292 g/mol. The third-order valence-electron chi connectivity index (χ3n) is 4.86. The van der Waals surface area contributed by atoms with Gasteiger partial charge in [0, 0.05) is 50.2 Å². The van der Waals surface area contributed by atoms with E-state index in [4.69, 9.17) is 4.74 Å². The maximum atomic E-state index is 12.7. The lowest BCUT2D eigenvalue weighted by Gasteiger charge is -2.31. The third-order valence-corrected chi connectivity index (χ3v) is 4.86. The Labute approximate surface area is 137 Å². The molecule has 3 rings (SSSR count). The van der Waals surface area contributed by atoms with Crippen molar-refractivity contribution in [1.82, 2.24) is 4.90 Å². The highest BCUT2D eigenvalue weighted by molar-refractivity contribution is 5.95. The number of amides is 1. The van der Waals surface area contributed by atoms with Gasteiger partial charge in [-0.2, -0.15) is 0 Å². The van der Waals surface area contributed by atoms with E-state index < -0.39 is 0 Å². The molecule has 2 heterocycles. The molecule has 2 aliphatic heterocycles. The first-order valence-corrected chi connectivity index (χ1v) is 8.61. The molecule has 126 valence electrons. The van der Waals surface area contributed by atoms with Gasteiger partial charge in [-0.05, 0) is 49.8 Å². The smallest absolute Gasteiger partial charge is 0.253 e. The Morgan fingerprint density at radius 1 is 1.22 bits per heavy atom. The first-order valence-electron chi connectivity index (χ1n) is 8.61. The summed E-state index contributed by atoms with van der Waals surface area (Å²) < 4.78 is 5.38. The summed E-state index contributed by atoms with van der Waals surface area (Å²) in [4.78, 5) is 14.6. The Bertz CT molecular complexity index is 521. The standard InChI is InChI=1S/C18H26N2O3/c21-13-14-4-8-20(9-5-14)18(22)15-2-1-3-17(12-15)19-16-6-10-23-11-7-16/h1-3,12,14,16,19,21H,4-11,13H2. The molecule has 2 saturated heterocycles. The van der Waals surface area contributed by atoms with Gasteiger partial charge in [-0.3, -0.25) is 4.79 Å². The minimum absolute atomic E-state index is 0.0945. The number of carbonyl (C=O) groups is 1. The van der Waals surface area contributed by atoms with Crippen molar-refractivity contribution in [1.29, 1.82) is 0 Å². The summed E-state index contributed by atoms with van der Waals surface area (Å²) in [6, 6.07) is 8.22. The second kappa shape index (κ2) is 7.79. The Hall–Kier alpha value is -1.59. The van der Waals surface area contributed by atoms with Crippen molar-refractivity contribution in [2.24, 2.45) is 5.92 Å². The van der Waals surface area contributed by atoms with Crippen LogP contribution in [0, 0.1) is 5.92 Å². The average Bonchev–Trinajstić information content (AvgIpc) is 2.62. The Morgan fingerprint density at radius 3 is 2.65 bits per heavy atom. The van der Waals surface area contributed by atoms with E-state index in [-0.39, 0.29) is 12.5 Å². The molecule has 0 aliphatic carbocycles. The summed E-state index contributed by atoms with van der Waals surface area (Å²) in [5.74, 6) is 0.442. The molecular formula is C18H26N2O3. The fourth-order valence-corrected chi connectivity index (χ4v) is 3.32. The van der Waals surface area contributed by atoms with Crippen LogP contribution < -0.4 is 5.32 Å². The van der Waals surface area contributed by atoms with Crippen LogP contribution in [0.15, 0.2) is 24.3 Å². The first-order chi connectivity index (χ1) is 11.3. The molecule has 0 unspecified atom stereocenters. The van der Waals surface area contributed by atoms with Crippen molar-refractivity contribution in [2.45, 2.75) is 31.7 Å². The van der Waals surface area contributed by atoms with E-state index in [1.165, 1.54) is 0 Å². The lowest BCUT2D eigenvalue weighted by Crippen LogP contribution is -2.39. The van der Waals surface area contributed by atoms with Gasteiger partial charge >= 0.3 is 0 Å². The van der Waals surface area contributed by atoms with Gasteiger partial charge in [0.1, 0.15) is 0 Å². The molecule has 2 fully saturated rings. The van der Waals surface area contributed by atoms with Crippen LogP contribution in [0.2, 0.25) is 0 Å². The number of nitrogens with zero attached hydrogens (tertiary/aromatic N) is 1. The zero-order valence-corrected chi connectivity index (χ0v) is 13.5. The monoisotopic (exact) mass is 318 g/mol. The van der Waals surface area contributed by atoms with Gasteiger partial charge in [0.05, 0.1) is 0 Å². The van der Waals surface area contributed by atoms with Gasteiger partial charge in [-0.25, -0.2) is 0 Å². The Kier molecular flexibility index (Phi) is 5.51. The van der Waals surface area contributed by atoms with E-state index in [9.17, 15) is 9.90 Å². The second-order valence-corrected chi connectivity index (χ2v) is 6.53. The number of hydrogen-bond acceptors (Lipinski definition) is 4. The normalized spacial score (nSPS) is 20.5. The van der Waals surface area contributed by atoms with Gasteiger partial charge in [-0.1, -0.05) is 6.07 Å². The molecule has 1 aromatic carbocycles. The highest BCUT2D eigenvalue weighted by Gasteiger charge is 2.23. The van der Waals surface area contributed by atoms with Crippen LogP contribution in [0.1, 0.15) is 36.0 Å². The summed E-state index contributed by atoms with van der Waals surface area (Å²) in [6.45, 7) is 3.31. The molecule has 2 aliphatic rings. The van der Waals surface area contributed by atoms with Crippen molar-refractivity contribution < 1.29 is 14.6 Å². The number of carbonyl (C=O) groups excluding carboxylic acids is 1. The van der Waals surface area contributed by atoms with E-state index in [1.54, 1.807) is 0 Å². The van der Waals surface area contributed by atoms with Crippen LogP contribution in [0.25, 0.3) is 0 Å². The maximum absolute atomic E-state index is 12.7. The van der Waals surface area contributed by atoms with Crippen LogP contribution in [-0.2, 0) is 4.74 Å². The van der Waals surface area contributed by atoms with Crippen molar-refractivity contribution in [3.63, 3.8) is 0 Å². The van der Waals surface area contributed by atoms with Gasteiger partial charge in [0.15, 0.2) is 0 Å². The molecule has 5 nitrogen and oxygen atoms in total. The van der Waals surface area contributed by atoms with E-state index >= 15 is 0 Å². The number of nitrogens with one attached hydrogen (secondary N) is 1. The Balaban J connectivity index is 1.61. The van der Waals surface area contributed by atoms with Crippen LogP contribution in [-0.4, -0.2) is 54.9 Å². The van der Waals surface area contributed by atoms with Crippen molar-refractivity contribution >= 4 is 11.6 Å². The SMILES string of the molecule is O=C(c1cccc(NC2CCOCC2)c1)N1CCC(CO)CC1. The third kappa shape index (κ3) is 4.24. The lowest BCUT2D eigenvalue weighted by molar-refractivity contribution is 0.0651. The van der Waals surface area contributed by atoms with Crippen LogP contribution in [0.3, 0.4) is 0 Å². The quantitative estimate of drug-likeness (QED) is 0.893. The van der Waals surface area contributed by atoms with E-state index in [0.717, 1.165) is 63.2 Å². The van der Waals surface area contributed by atoms with E-state index in [1.807, 2.05) is 29.2 Å². The van der Waals surface area contributed by atoms with E-state index in [2.05, 4.69) is 5.32 Å². The Morgan fingerprint density at radius 2 is 1.96 bits per heavy atom. The van der Waals surface area contributed by atoms with Gasteiger partial charge in [0.25, 0.3) is 5.91 Å². The molecule has 1 amide bonds. The number of hydrogen-bond donors (Lipinski definition) is 2. The largest absolute Gasteiger partial charge is 0.396 e. The topological polar surface area (TPSA) is 61.8 Å². The van der Waals surface area contributed by atoms with Crippen LogP contribution >= 0.6 is 0 Å². The highest BCUT2D eigenvalue weighted by atomic mass is 16.5. The minimum Gasteiger partial charge on any atom is -0.396 e. The summed E-state index contributed by atoms with van der Waals surface area (Å²) in [5, 5.41) is 12.7. The average molecular weight is 318 g/mol. The van der Waals surface area contributed by atoms with Crippen LogP contribution in [0.5, 0.6) is 0 Å². The van der Waals surface area contributed by atoms with E-state index in [0.29, 0.717) is 12.0 Å². The summed E-state index contributed by atoms with van der Waals surface area (Å²) >= 11 is 0. The first kappa shape index (κ1) is 16.3. The number of anilines is 1. The molecule has 5 heteroatoms. The van der Waals surface area contributed by atoms with Gasteiger partial charge in [-0.15, -0.1) is 0 Å². The predicted octanol–water partition coefficient (Wildman–Crippen LogP) is 2.12.